The molecule has 21 heavy (non-hydrogen) atoms. The molecule has 120 valence electrons. The molecule has 3 N–H and O–H groups in total. The van der Waals surface area contributed by atoms with Gasteiger partial charge in [-0.1, -0.05) is 6.92 Å². The standard InChI is InChI=1S/C12H20N2O5S2/c1-4-20(15,16)6-5-14-21(17,18)12-8-10(13)9(2)7-11(12)19-3/h7-8,14H,4-6,13H2,1-3H3. The molecule has 0 fully saturated rings. The summed E-state index contributed by atoms with van der Waals surface area (Å²) in [7, 11) is -5.78. The molecule has 0 atom stereocenters. The van der Waals surface area contributed by atoms with Gasteiger partial charge in [-0.2, -0.15) is 0 Å². The highest BCUT2D eigenvalue weighted by molar-refractivity contribution is 7.91. The minimum atomic E-state index is -3.89. The van der Waals surface area contributed by atoms with E-state index in [1.165, 1.54) is 26.2 Å². The fraction of sp³-hybridized carbons (Fsp3) is 0.500. The van der Waals surface area contributed by atoms with Gasteiger partial charge in [-0.25, -0.2) is 21.6 Å². The molecule has 0 spiro atoms. The molecule has 1 aromatic carbocycles. The second kappa shape index (κ2) is 6.63. The van der Waals surface area contributed by atoms with Gasteiger partial charge in [0.25, 0.3) is 0 Å². The van der Waals surface area contributed by atoms with Crippen molar-refractivity contribution >= 4 is 25.5 Å². The molecular weight excluding hydrogens is 316 g/mol. The molecule has 0 heterocycles. The van der Waals surface area contributed by atoms with E-state index in [0.29, 0.717) is 11.3 Å². The third kappa shape index (κ3) is 4.58. The molecule has 0 saturated heterocycles. The van der Waals surface area contributed by atoms with Gasteiger partial charge in [0.1, 0.15) is 10.6 Å². The number of sulfone groups is 1. The second-order valence-electron chi connectivity index (χ2n) is 4.49. The lowest BCUT2D eigenvalue weighted by Crippen LogP contribution is -2.30. The summed E-state index contributed by atoms with van der Waals surface area (Å²) in [6, 6.07) is 2.82. The zero-order valence-electron chi connectivity index (χ0n) is 12.2. The number of ether oxygens (including phenoxy) is 1. The molecule has 1 aromatic rings. The average Bonchev–Trinajstić information content (AvgIpc) is 2.40. The highest BCUT2D eigenvalue weighted by atomic mass is 32.2. The minimum Gasteiger partial charge on any atom is -0.495 e. The van der Waals surface area contributed by atoms with E-state index in [1.807, 2.05) is 0 Å². The number of aryl methyl sites for hydroxylation is 1. The Hall–Kier alpha value is -1.32. The Morgan fingerprint density at radius 2 is 1.86 bits per heavy atom. The van der Waals surface area contributed by atoms with Crippen molar-refractivity contribution < 1.29 is 21.6 Å². The predicted molar refractivity (Wildman–Crippen MR) is 81.7 cm³/mol. The van der Waals surface area contributed by atoms with E-state index >= 15 is 0 Å². The van der Waals surface area contributed by atoms with Crippen LogP contribution in [0, 0.1) is 6.92 Å². The predicted octanol–water partition coefficient (Wildman–Crippen LogP) is 0.299. The first-order valence-electron chi connectivity index (χ1n) is 6.27. The molecule has 0 aliphatic carbocycles. The van der Waals surface area contributed by atoms with Crippen LogP contribution in [0.1, 0.15) is 12.5 Å². The van der Waals surface area contributed by atoms with Crippen LogP contribution in [-0.4, -0.2) is 42.0 Å². The van der Waals surface area contributed by atoms with Gasteiger partial charge < -0.3 is 10.5 Å². The summed E-state index contributed by atoms with van der Waals surface area (Å²) in [4.78, 5) is -0.109. The van der Waals surface area contributed by atoms with Gasteiger partial charge in [0.2, 0.25) is 10.0 Å². The number of rotatable bonds is 7. The summed E-state index contributed by atoms with van der Waals surface area (Å²) in [5.74, 6) is -0.130. The topological polar surface area (TPSA) is 116 Å². The summed E-state index contributed by atoms with van der Waals surface area (Å²) in [6.45, 7) is 3.04. The monoisotopic (exact) mass is 336 g/mol. The quantitative estimate of drug-likeness (QED) is 0.692. The maximum absolute atomic E-state index is 12.2. The van der Waals surface area contributed by atoms with Crippen LogP contribution in [0.3, 0.4) is 0 Å². The van der Waals surface area contributed by atoms with Crippen molar-refractivity contribution in [2.24, 2.45) is 0 Å². The number of anilines is 1. The van der Waals surface area contributed by atoms with Crippen LogP contribution in [0.25, 0.3) is 0 Å². The molecule has 0 unspecified atom stereocenters. The number of methoxy groups -OCH3 is 1. The minimum absolute atomic E-state index is 0.0322. The van der Waals surface area contributed by atoms with Crippen molar-refractivity contribution in [3.63, 3.8) is 0 Å². The largest absolute Gasteiger partial charge is 0.495 e. The number of benzene rings is 1. The Morgan fingerprint density at radius 1 is 1.24 bits per heavy atom. The van der Waals surface area contributed by atoms with Crippen LogP contribution in [0.2, 0.25) is 0 Å². The number of sulfonamides is 1. The first-order valence-corrected chi connectivity index (χ1v) is 9.57. The molecule has 0 saturated carbocycles. The van der Waals surface area contributed by atoms with E-state index in [4.69, 9.17) is 10.5 Å². The third-order valence-electron chi connectivity index (χ3n) is 2.99. The first-order chi connectivity index (χ1) is 9.63. The van der Waals surface area contributed by atoms with Gasteiger partial charge in [0.15, 0.2) is 9.84 Å². The summed E-state index contributed by atoms with van der Waals surface area (Å²) >= 11 is 0. The smallest absolute Gasteiger partial charge is 0.244 e. The van der Waals surface area contributed by atoms with Crippen molar-refractivity contribution in [3.05, 3.63) is 17.7 Å². The van der Waals surface area contributed by atoms with E-state index < -0.39 is 19.9 Å². The Balaban J connectivity index is 3.01. The lowest BCUT2D eigenvalue weighted by molar-refractivity contribution is 0.402. The van der Waals surface area contributed by atoms with Gasteiger partial charge in [-0.3, -0.25) is 0 Å². The summed E-state index contributed by atoms with van der Waals surface area (Å²) in [6.07, 6.45) is 0. The highest BCUT2D eigenvalue weighted by Crippen LogP contribution is 2.28. The van der Waals surface area contributed by atoms with Gasteiger partial charge in [-0.05, 0) is 24.6 Å². The zero-order valence-corrected chi connectivity index (χ0v) is 13.8. The fourth-order valence-corrected chi connectivity index (χ4v) is 3.65. The molecule has 1 rings (SSSR count). The van der Waals surface area contributed by atoms with Crippen LogP contribution in [0.5, 0.6) is 5.75 Å². The number of hydrogen-bond donors (Lipinski definition) is 2. The van der Waals surface area contributed by atoms with E-state index in [2.05, 4.69) is 4.72 Å². The molecule has 0 radical (unpaired) electrons. The Labute approximate surface area is 125 Å². The summed E-state index contributed by atoms with van der Waals surface area (Å²) < 4.78 is 54.4. The van der Waals surface area contributed by atoms with E-state index in [-0.39, 0.29) is 28.7 Å². The SMILES string of the molecule is CCS(=O)(=O)CCNS(=O)(=O)c1cc(N)c(C)cc1OC. The summed E-state index contributed by atoms with van der Waals surface area (Å²) in [5, 5.41) is 0. The van der Waals surface area contributed by atoms with Crippen LogP contribution < -0.4 is 15.2 Å². The van der Waals surface area contributed by atoms with Crippen LogP contribution in [0.4, 0.5) is 5.69 Å². The normalized spacial score (nSPS) is 12.3. The fourth-order valence-electron chi connectivity index (χ4n) is 1.60. The zero-order chi connectivity index (χ0) is 16.3. The number of nitrogens with one attached hydrogen (secondary N) is 1. The highest BCUT2D eigenvalue weighted by Gasteiger charge is 2.21. The van der Waals surface area contributed by atoms with Crippen molar-refractivity contribution in [3.8, 4) is 5.75 Å². The van der Waals surface area contributed by atoms with Crippen molar-refractivity contribution in [2.45, 2.75) is 18.7 Å². The molecule has 0 bridgehead atoms. The van der Waals surface area contributed by atoms with E-state index in [1.54, 1.807) is 6.92 Å². The van der Waals surface area contributed by atoms with E-state index in [9.17, 15) is 16.8 Å². The number of hydrogen-bond acceptors (Lipinski definition) is 6. The van der Waals surface area contributed by atoms with Crippen molar-refractivity contribution in [1.82, 2.24) is 4.72 Å². The number of nitrogens with two attached hydrogens (primary N) is 1. The molecule has 0 aliphatic rings. The molecule has 0 aliphatic heterocycles. The first kappa shape index (κ1) is 17.7. The van der Waals surface area contributed by atoms with Gasteiger partial charge in [0.05, 0.1) is 12.9 Å². The van der Waals surface area contributed by atoms with Gasteiger partial charge in [0, 0.05) is 18.0 Å². The molecule has 0 aromatic heterocycles. The third-order valence-corrected chi connectivity index (χ3v) is 6.17. The Bertz CT molecular complexity index is 711. The molecule has 7 nitrogen and oxygen atoms in total. The lowest BCUT2D eigenvalue weighted by Gasteiger charge is -2.13. The second-order valence-corrected chi connectivity index (χ2v) is 8.70. The molecule has 9 heteroatoms. The lowest BCUT2D eigenvalue weighted by atomic mass is 10.2. The average molecular weight is 336 g/mol. The van der Waals surface area contributed by atoms with Crippen LogP contribution in [-0.2, 0) is 19.9 Å². The molecule has 0 amide bonds. The van der Waals surface area contributed by atoms with Crippen molar-refractivity contribution in [2.75, 3.05) is 30.9 Å². The number of nitrogen functional groups attached to an aromatic ring is 1. The maximum atomic E-state index is 12.2. The van der Waals surface area contributed by atoms with E-state index in [0.717, 1.165) is 0 Å². The van der Waals surface area contributed by atoms with Gasteiger partial charge in [-0.15, -0.1) is 0 Å². The van der Waals surface area contributed by atoms with Crippen molar-refractivity contribution in [1.29, 1.82) is 0 Å². The van der Waals surface area contributed by atoms with Crippen LogP contribution in [0.15, 0.2) is 17.0 Å². The van der Waals surface area contributed by atoms with Gasteiger partial charge >= 0.3 is 0 Å². The molecular formula is C12H20N2O5S2. The van der Waals surface area contributed by atoms with Crippen LogP contribution >= 0.6 is 0 Å². The Morgan fingerprint density at radius 3 is 2.38 bits per heavy atom. The summed E-state index contributed by atoms with van der Waals surface area (Å²) in [5.41, 5.74) is 6.73. The Kier molecular flexibility index (Phi) is 5.60. The maximum Gasteiger partial charge on any atom is 0.244 e.